The van der Waals surface area contributed by atoms with Crippen LogP contribution in [0.15, 0.2) is 77.2 Å². The van der Waals surface area contributed by atoms with E-state index < -0.39 is 0 Å². The predicted molar refractivity (Wildman–Crippen MR) is 121 cm³/mol. The minimum atomic E-state index is -0.347. The highest BCUT2D eigenvalue weighted by Gasteiger charge is 2.12. The van der Waals surface area contributed by atoms with Gasteiger partial charge in [0, 0.05) is 21.8 Å². The van der Waals surface area contributed by atoms with Gasteiger partial charge in [0.1, 0.15) is 11.3 Å². The highest BCUT2D eigenvalue weighted by Crippen LogP contribution is 2.22. The second-order valence-electron chi connectivity index (χ2n) is 6.93. The van der Waals surface area contributed by atoms with Crippen LogP contribution in [0.3, 0.4) is 0 Å². The Hall–Kier alpha value is -3.77. The molecule has 0 atom stereocenters. The molecule has 0 saturated heterocycles. The number of hydrogen-bond donors (Lipinski definition) is 2. The number of halogens is 1. The van der Waals surface area contributed by atoms with E-state index >= 15 is 0 Å². The Balaban J connectivity index is 1.32. The van der Waals surface area contributed by atoms with Gasteiger partial charge >= 0.3 is 0 Å². The third-order valence-electron chi connectivity index (χ3n) is 4.57. The Kier molecular flexibility index (Phi) is 5.91. The SMILES string of the molecule is Cc1cc(Cl)ccc1OCC(=O)Nc1ccc(NC(=O)c2cc3ccccc3o2)cc1. The summed E-state index contributed by atoms with van der Waals surface area (Å²) < 4.78 is 11.1. The molecular formula is C24H19ClN2O4. The molecule has 4 rings (SSSR count). The van der Waals surface area contributed by atoms with Crippen LogP contribution in [0.25, 0.3) is 11.0 Å². The topological polar surface area (TPSA) is 80.6 Å². The van der Waals surface area contributed by atoms with Crippen molar-refractivity contribution in [1.82, 2.24) is 0 Å². The van der Waals surface area contributed by atoms with Crippen LogP contribution in [-0.2, 0) is 4.79 Å². The van der Waals surface area contributed by atoms with Gasteiger partial charge in [-0.15, -0.1) is 0 Å². The van der Waals surface area contributed by atoms with Gasteiger partial charge in [-0.1, -0.05) is 29.8 Å². The second-order valence-corrected chi connectivity index (χ2v) is 7.36. The average molecular weight is 435 g/mol. The zero-order valence-corrected chi connectivity index (χ0v) is 17.4. The number of amides is 2. The summed E-state index contributed by atoms with van der Waals surface area (Å²) in [5.41, 5.74) is 2.67. The molecule has 0 spiro atoms. The highest BCUT2D eigenvalue weighted by molar-refractivity contribution is 6.30. The third kappa shape index (κ3) is 5.05. The fourth-order valence-corrected chi connectivity index (χ4v) is 3.27. The molecule has 0 saturated carbocycles. The fourth-order valence-electron chi connectivity index (χ4n) is 3.04. The summed E-state index contributed by atoms with van der Waals surface area (Å²) in [7, 11) is 0. The lowest BCUT2D eigenvalue weighted by Crippen LogP contribution is -2.20. The van der Waals surface area contributed by atoms with Crippen molar-refractivity contribution in [3.05, 3.63) is 89.1 Å². The minimum absolute atomic E-state index is 0.132. The van der Waals surface area contributed by atoms with E-state index in [0.717, 1.165) is 10.9 Å². The number of carbonyl (C=O) groups is 2. The first-order chi connectivity index (χ1) is 15.0. The molecule has 0 fully saturated rings. The van der Waals surface area contributed by atoms with Crippen molar-refractivity contribution < 1.29 is 18.7 Å². The van der Waals surface area contributed by atoms with Crippen molar-refractivity contribution in [2.45, 2.75) is 6.92 Å². The summed E-state index contributed by atoms with van der Waals surface area (Å²) in [6.45, 7) is 1.73. The van der Waals surface area contributed by atoms with Gasteiger partial charge in [-0.2, -0.15) is 0 Å². The zero-order valence-electron chi connectivity index (χ0n) is 16.6. The molecule has 31 heavy (non-hydrogen) atoms. The number of anilines is 2. The molecule has 2 amide bonds. The van der Waals surface area contributed by atoms with Gasteiger partial charge in [0.2, 0.25) is 0 Å². The van der Waals surface area contributed by atoms with Crippen molar-refractivity contribution in [1.29, 1.82) is 0 Å². The van der Waals surface area contributed by atoms with E-state index in [2.05, 4.69) is 10.6 Å². The first-order valence-electron chi connectivity index (χ1n) is 9.57. The normalized spacial score (nSPS) is 10.6. The van der Waals surface area contributed by atoms with Crippen molar-refractivity contribution in [2.75, 3.05) is 17.2 Å². The molecule has 0 radical (unpaired) electrons. The van der Waals surface area contributed by atoms with Crippen molar-refractivity contribution in [3.8, 4) is 5.75 Å². The molecular weight excluding hydrogens is 416 g/mol. The Labute approximate surface area is 183 Å². The molecule has 0 aliphatic heterocycles. The van der Waals surface area contributed by atoms with Gasteiger partial charge in [-0.25, -0.2) is 0 Å². The maximum Gasteiger partial charge on any atom is 0.291 e. The van der Waals surface area contributed by atoms with Crippen molar-refractivity contribution in [2.24, 2.45) is 0 Å². The molecule has 0 bridgehead atoms. The summed E-state index contributed by atoms with van der Waals surface area (Å²) in [5, 5.41) is 7.00. The molecule has 0 unspecified atom stereocenters. The lowest BCUT2D eigenvalue weighted by atomic mass is 10.2. The summed E-state index contributed by atoms with van der Waals surface area (Å²) in [6.07, 6.45) is 0. The first-order valence-corrected chi connectivity index (χ1v) is 9.94. The maximum atomic E-state index is 12.4. The lowest BCUT2D eigenvalue weighted by molar-refractivity contribution is -0.118. The first kappa shape index (κ1) is 20.5. The number of para-hydroxylation sites is 1. The van der Waals surface area contributed by atoms with Crippen LogP contribution < -0.4 is 15.4 Å². The summed E-state index contributed by atoms with van der Waals surface area (Å²) in [4.78, 5) is 24.6. The van der Waals surface area contributed by atoms with Crippen LogP contribution >= 0.6 is 11.6 Å². The van der Waals surface area contributed by atoms with Crippen LogP contribution in [-0.4, -0.2) is 18.4 Å². The molecule has 7 heteroatoms. The van der Waals surface area contributed by atoms with Gasteiger partial charge < -0.3 is 19.8 Å². The number of aryl methyl sites for hydroxylation is 1. The second kappa shape index (κ2) is 8.93. The number of carbonyl (C=O) groups excluding carboxylic acids is 2. The van der Waals surface area contributed by atoms with Gasteiger partial charge in [0.15, 0.2) is 12.4 Å². The van der Waals surface area contributed by atoms with E-state index in [1.165, 1.54) is 0 Å². The van der Waals surface area contributed by atoms with Gasteiger partial charge in [0.25, 0.3) is 11.8 Å². The lowest BCUT2D eigenvalue weighted by Gasteiger charge is -2.10. The van der Waals surface area contributed by atoms with Crippen LogP contribution in [0.5, 0.6) is 5.75 Å². The molecule has 156 valence electrons. The molecule has 3 aromatic carbocycles. The number of fused-ring (bicyclic) bond motifs is 1. The molecule has 2 N–H and O–H groups in total. The van der Waals surface area contributed by atoms with Gasteiger partial charge in [-0.3, -0.25) is 9.59 Å². The van der Waals surface area contributed by atoms with Crippen molar-refractivity contribution in [3.63, 3.8) is 0 Å². The van der Waals surface area contributed by atoms with E-state index in [1.54, 1.807) is 48.5 Å². The molecule has 0 aliphatic carbocycles. The van der Waals surface area contributed by atoms with Crippen LogP contribution in [0, 0.1) is 6.92 Å². The van der Waals surface area contributed by atoms with E-state index in [4.69, 9.17) is 20.8 Å². The molecule has 0 aliphatic rings. The van der Waals surface area contributed by atoms with Crippen molar-refractivity contribution >= 4 is 45.8 Å². The summed E-state index contributed by atoms with van der Waals surface area (Å²) >= 11 is 5.92. The zero-order chi connectivity index (χ0) is 21.8. The van der Waals surface area contributed by atoms with Crippen LogP contribution in [0.1, 0.15) is 16.1 Å². The minimum Gasteiger partial charge on any atom is -0.483 e. The van der Waals surface area contributed by atoms with Gasteiger partial charge in [-0.05, 0) is 67.1 Å². The number of ether oxygens (including phenoxy) is 1. The van der Waals surface area contributed by atoms with E-state index in [9.17, 15) is 9.59 Å². The number of hydrogen-bond acceptors (Lipinski definition) is 4. The third-order valence-corrected chi connectivity index (χ3v) is 4.81. The Morgan fingerprint density at radius 3 is 2.35 bits per heavy atom. The number of benzene rings is 3. The standard InChI is InChI=1S/C24H19ClN2O4/c1-15-12-17(25)6-11-20(15)30-14-23(28)26-18-7-9-19(10-8-18)27-24(29)22-13-16-4-2-3-5-21(16)31-22/h2-13H,14H2,1H3,(H,26,28)(H,27,29). The monoisotopic (exact) mass is 434 g/mol. The Morgan fingerprint density at radius 2 is 1.65 bits per heavy atom. The Morgan fingerprint density at radius 1 is 0.935 bits per heavy atom. The van der Waals surface area contributed by atoms with Gasteiger partial charge in [0.05, 0.1) is 0 Å². The summed E-state index contributed by atoms with van der Waals surface area (Å²) in [5.74, 6) is 0.185. The largest absolute Gasteiger partial charge is 0.483 e. The quantitative estimate of drug-likeness (QED) is 0.410. The predicted octanol–water partition coefficient (Wildman–Crippen LogP) is 5.66. The fraction of sp³-hybridized carbons (Fsp3) is 0.0833. The maximum absolute atomic E-state index is 12.4. The Bertz CT molecular complexity index is 1220. The average Bonchev–Trinajstić information content (AvgIpc) is 3.19. The van der Waals surface area contributed by atoms with E-state index in [-0.39, 0.29) is 24.2 Å². The number of nitrogens with one attached hydrogen (secondary N) is 2. The smallest absolute Gasteiger partial charge is 0.291 e. The molecule has 4 aromatic rings. The highest BCUT2D eigenvalue weighted by atomic mass is 35.5. The van der Waals surface area contributed by atoms with Crippen LogP contribution in [0.4, 0.5) is 11.4 Å². The number of rotatable bonds is 6. The summed E-state index contributed by atoms with van der Waals surface area (Å²) in [6, 6.07) is 21.1. The molecule has 6 nitrogen and oxygen atoms in total. The number of furan rings is 1. The molecule has 1 aromatic heterocycles. The molecule has 1 heterocycles. The van der Waals surface area contributed by atoms with E-state index in [1.807, 2.05) is 31.2 Å². The van der Waals surface area contributed by atoms with Crippen LogP contribution in [0.2, 0.25) is 5.02 Å². The van der Waals surface area contributed by atoms with E-state index in [0.29, 0.717) is 27.7 Å².